The molecule has 0 saturated heterocycles. The largest absolute Gasteiger partial charge is 0.497 e. The highest BCUT2D eigenvalue weighted by atomic mass is 16.5. The quantitative estimate of drug-likeness (QED) is 0.600. The lowest BCUT2D eigenvalue weighted by Crippen LogP contribution is -2.46. The van der Waals surface area contributed by atoms with E-state index < -0.39 is 5.60 Å². The molecule has 2 N–H and O–H groups in total. The second kappa shape index (κ2) is 9.94. The minimum Gasteiger partial charge on any atom is -0.497 e. The van der Waals surface area contributed by atoms with Crippen LogP contribution >= 0.6 is 0 Å². The summed E-state index contributed by atoms with van der Waals surface area (Å²) in [7, 11) is 3.33. The maximum absolute atomic E-state index is 12.7. The number of carbonyl (C=O) groups excluding carboxylic acids is 1. The van der Waals surface area contributed by atoms with Gasteiger partial charge >= 0.3 is 6.03 Å². The van der Waals surface area contributed by atoms with Crippen LogP contribution in [0.2, 0.25) is 0 Å². The zero-order chi connectivity index (χ0) is 21.4. The van der Waals surface area contributed by atoms with Crippen molar-refractivity contribution in [3.05, 3.63) is 102 Å². The molecule has 0 aliphatic carbocycles. The molecule has 0 aliphatic heterocycles. The molecule has 0 unspecified atom stereocenters. The Morgan fingerprint density at radius 2 is 1.47 bits per heavy atom. The van der Waals surface area contributed by atoms with Crippen molar-refractivity contribution >= 4 is 6.03 Å². The molecule has 0 fully saturated rings. The number of amides is 2. The molecule has 0 atom stereocenters. The van der Waals surface area contributed by atoms with Gasteiger partial charge in [0.25, 0.3) is 0 Å². The van der Waals surface area contributed by atoms with Crippen molar-refractivity contribution < 1.29 is 14.6 Å². The zero-order valence-electron chi connectivity index (χ0n) is 17.4. The van der Waals surface area contributed by atoms with Gasteiger partial charge < -0.3 is 20.1 Å². The molecule has 5 nitrogen and oxygen atoms in total. The van der Waals surface area contributed by atoms with Gasteiger partial charge in [0.2, 0.25) is 0 Å². The maximum atomic E-state index is 12.7. The molecule has 3 rings (SSSR count). The van der Waals surface area contributed by atoms with Crippen LogP contribution in [0.5, 0.6) is 5.75 Å². The van der Waals surface area contributed by atoms with E-state index in [0.29, 0.717) is 13.0 Å². The number of methoxy groups -OCH3 is 1. The van der Waals surface area contributed by atoms with Gasteiger partial charge in [0.1, 0.15) is 11.4 Å². The van der Waals surface area contributed by atoms with E-state index in [0.717, 1.165) is 22.4 Å². The highest BCUT2D eigenvalue weighted by Gasteiger charge is 2.34. The Labute approximate surface area is 177 Å². The van der Waals surface area contributed by atoms with Crippen LogP contribution in [-0.4, -0.2) is 43.3 Å². The molecule has 3 aromatic carbocycles. The third kappa shape index (κ3) is 5.19. The average molecular weight is 405 g/mol. The molecule has 156 valence electrons. The number of ether oxygens (including phenoxy) is 1. The van der Waals surface area contributed by atoms with E-state index in [-0.39, 0.29) is 12.6 Å². The van der Waals surface area contributed by atoms with Crippen LogP contribution in [-0.2, 0) is 12.0 Å². The Morgan fingerprint density at radius 1 is 0.933 bits per heavy atom. The zero-order valence-corrected chi connectivity index (χ0v) is 17.4. The number of hydrogen-bond donors (Lipinski definition) is 2. The lowest BCUT2D eigenvalue weighted by atomic mass is 9.86. The molecule has 0 saturated carbocycles. The van der Waals surface area contributed by atoms with Crippen molar-refractivity contribution in [3.63, 3.8) is 0 Å². The summed E-state index contributed by atoms with van der Waals surface area (Å²) in [4.78, 5) is 14.2. The van der Waals surface area contributed by atoms with E-state index in [1.807, 2.05) is 84.9 Å². The van der Waals surface area contributed by atoms with Crippen LogP contribution < -0.4 is 10.1 Å². The average Bonchev–Trinajstić information content (AvgIpc) is 2.80. The molecule has 2 amide bonds. The van der Waals surface area contributed by atoms with Gasteiger partial charge in [-0.15, -0.1) is 0 Å². The van der Waals surface area contributed by atoms with Gasteiger partial charge in [-0.3, -0.25) is 0 Å². The molecule has 3 aromatic rings. The molecule has 0 spiro atoms. The van der Waals surface area contributed by atoms with Gasteiger partial charge in [-0.1, -0.05) is 72.8 Å². The van der Waals surface area contributed by atoms with Crippen LogP contribution in [0.4, 0.5) is 4.79 Å². The summed E-state index contributed by atoms with van der Waals surface area (Å²) >= 11 is 0. The van der Waals surface area contributed by atoms with Crippen LogP contribution in [0.15, 0.2) is 84.9 Å². The Bertz CT molecular complexity index is 888. The van der Waals surface area contributed by atoms with Gasteiger partial charge in [0, 0.05) is 13.6 Å². The van der Waals surface area contributed by atoms with Gasteiger partial charge in [-0.05, 0) is 35.2 Å². The molecule has 0 radical (unpaired) electrons. The van der Waals surface area contributed by atoms with Crippen molar-refractivity contribution in [2.75, 3.05) is 27.2 Å². The fourth-order valence-electron chi connectivity index (χ4n) is 3.43. The van der Waals surface area contributed by atoms with Gasteiger partial charge in [-0.2, -0.15) is 0 Å². The summed E-state index contributed by atoms with van der Waals surface area (Å²) < 4.78 is 5.16. The first-order valence-corrected chi connectivity index (χ1v) is 9.98. The summed E-state index contributed by atoms with van der Waals surface area (Å²) in [6, 6.07) is 26.4. The number of nitrogens with zero attached hydrogens (tertiary/aromatic N) is 1. The fraction of sp³-hybridized carbons (Fsp3) is 0.240. The number of hydrogen-bond acceptors (Lipinski definition) is 3. The van der Waals surface area contributed by atoms with E-state index in [4.69, 9.17) is 4.74 Å². The van der Waals surface area contributed by atoms with Crippen molar-refractivity contribution in [2.45, 2.75) is 12.0 Å². The van der Waals surface area contributed by atoms with Gasteiger partial charge in [0.15, 0.2) is 0 Å². The van der Waals surface area contributed by atoms with Gasteiger partial charge in [0.05, 0.1) is 13.7 Å². The first-order valence-electron chi connectivity index (χ1n) is 9.98. The van der Waals surface area contributed by atoms with Crippen LogP contribution in [0.1, 0.15) is 16.7 Å². The molecule has 30 heavy (non-hydrogen) atoms. The predicted octanol–water partition coefficient (Wildman–Crippen LogP) is 3.82. The van der Waals surface area contributed by atoms with Crippen LogP contribution in [0, 0.1) is 0 Å². The Balaban J connectivity index is 1.65. The summed E-state index contributed by atoms with van der Waals surface area (Å²) in [5.74, 6) is 0.809. The maximum Gasteiger partial charge on any atom is 0.317 e. The normalized spacial score (nSPS) is 11.0. The van der Waals surface area contributed by atoms with Crippen LogP contribution in [0.3, 0.4) is 0 Å². The lowest BCUT2D eigenvalue weighted by Gasteiger charge is -2.33. The Morgan fingerprint density at radius 3 is 1.97 bits per heavy atom. The second-order valence-electron chi connectivity index (χ2n) is 7.28. The standard InChI is InChI=1S/C25H28N2O3/c1-27(24(28)26-18-17-20-13-15-23(30-2)16-14-20)19-25(29,21-9-5-3-6-10-21)22-11-7-4-8-12-22/h3-16,29H,17-19H2,1-2H3,(H,26,28). The van der Waals surface area contributed by atoms with E-state index >= 15 is 0 Å². The van der Waals surface area contributed by atoms with E-state index in [9.17, 15) is 9.90 Å². The smallest absolute Gasteiger partial charge is 0.317 e. The van der Waals surface area contributed by atoms with Crippen molar-refractivity contribution in [1.82, 2.24) is 10.2 Å². The third-order valence-electron chi connectivity index (χ3n) is 5.16. The summed E-state index contributed by atoms with van der Waals surface area (Å²) in [5, 5.41) is 14.5. The molecule has 5 heteroatoms. The molecule has 0 bridgehead atoms. The Kier molecular flexibility index (Phi) is 7.09. The minimum atomic E-state index is -1.30. The van der Waals surface area contributed by atoms with Gasteiger partial charge in [-0.25, -0.2) is 4.79 Å². The SMILES string of the molecule is COc1ccc(CCNC(=O)N(C)CC(O)(c2ccccc2)c2ccccc2)cc1. The minimum absolute atomic E-state index is 0.134. The molecular formula is C25H28N2O3. The number of rotatable bonds is 8. The fourth-order valence-corrected chi connectivity index (χ4v) is 3.43. The highest BCUT2D eigenvalue weighted by molar-refractivity contribution is 5.74. The highest BCUT2D eigenvalue weighted by Crippen LogP contribution is 2.30. The number of benzene rings is 3. The van der Waals surface area contributed by atoms with E-state index in [1.165, 1.54) is 4.90 Å². The summed E-state index contributed by atoms with van der Waals surface area (Å²) in [6.07, 6.45) is 0.714. The van der Waals surface area contributed by atoms with Crippen molar-refractivity contribution in [1.29, 1.82) is 0 Å². The Hall–Kier alpha value is -3.31. The topological polar surface area (TPSA) is 61.8 Å². The monoisotopic (exact) mass is 404 g/mol. The van der Waals surface area contributed by atoms with Crippen molar-refractivity contribution in [2.24, 2.45) is 0 Å². The van der Waals surface area contributed by atoms with Crippen LogP contribution in [0.25, 0.3) is 0 Å². The number of nitrogens with one attached hydrogen (secondary N) is 1. The van der Waals surface area contributed by atoms with E-state index in [1.54, 1.807) is 14.2 Å². The molecule has 0 heterocycles. The number of carbonyl (C=O) groups is 1. The lowest BCUT2D eigenvalue weighted by molar-refractivity contribution is 0.0529. The second-order valence-corrected chi connectivity index (χ2v) is 7.28. The summed E-state index contributed by atoms with van der Waals surface area (Å²) in [6.45, 7) is 0.639. The number of urea groups is 1. The predicted molar refractivity (Wildman–Crippen MR) is 119 cm³/mol. The molecule has 0 aliphatic rings. The number of likely N-dealkylation sites (N-methyl/N-ethyl adjacent to an activating group) is 1. The number of aliphatic hydroxyl groups is 1. The molecule has 0 aromatic heterocycles. The van der Waals surface area contributed by atoms with Crippen molar-refractivity contribution in [3.8, 4) is 5.75 Å². The third-order valence-corrected chi connectivity index (χ3v) is 5.16. The summed E-state index contributed by atoms with van der Waals surface area (Å²) in [5.41, 5.74) is 1.30. The molecular weight excluding hydrogens is 376 g/mol. The first-order chi connectivity index (χ1) is 14.5. The van der Waals surface area contributed by atoms with E-state index in [2.05, 4.69) is 5.32 Å². The first kappa shape index (κ1) is 21.4.